The summed E-state index contributed by atoms with van der Waals surface area (Å²) in [5.74, 6) is -3.23. The maximum Gasteiger partial charge on any atom is 0.291 e. The number of likely N-dealkylation sites (tertiary alicyclic amines) is 1. The molecule has 0 N–H and O–H groups in total. The van der Waals surface area contributed by atoms with Crippen molar-refractivity contribution in [1.82, 2.24) is 9.80 Å². The zero-order chi connectivity index (χ0) is 21.1. The highest BCUT2D eigenvalue weighted by atomic mass is 16.6. The Labute approximate surface area is 167 Å². The second-order valence-corrected chi connectivity index (χ2v) is 7.17. The van der Waals surface area contributed by atoms with Crippen LogP contribution < -0.4 is 0 Å². The zero-order valence-corrected chi connectivity index (χ0v) is 16.1. The lowest BCUT2D eigenvalue weighted by atomic mass is 9.86. The molecule has 2 unspecified atom stereocenters. The molecule has 0 bridgehead atoms. The molecule has 1 aliphatic heterocycles. The summed E-state index contributed by atoms with van der Waals surface area (Å²) in [6.07, 6.45) is 0. The Kier molecular flexibility index (Phi) is 5.84. The minimum atomic E-state index is -1.24. The van der Waals surface area contributed by atoms with Gasteiger partial charge in [-0.2, -0.15) is 0 Å². The predicted molar refractivity (Wildman–Crippen MR) is 105 cm³/mol. The van der Waals surface area contributed by atoms with Gasteiger partial charge < -0.3 is 9.80 Å². The van der Waals surface area contributed by atoms with Gasteiger partial charge >= 0.3 is 0 Å². The van der Waals surface area contributed by atoms with E-state index in [1.807, 2.05) is 19.0 Å². The smallest absolute Gasteiger partial charge is 0.291 e. The van der Waals surface area contributed by atoms with Gasteiger partial charge in [0.1, 0.15) is 5.92 Å². The molecule has 0 saturated carbocycles. The third-order valence-electron chi connectivity index (χ3n) is 4.96. The third kappa shape index (κ3) is 4.07. The topological polar surface area (TPSA) is 101 Å². The van der Waals surface area contributed by atoms with Gasteiger partial charge in [-0.1, -0.05) is 42.5 Å². The number of nitro groups is 1. The first-order chi connectivity index (χ1) is 13.8. The highest BCUT2D eigenvalue weighted by molar-refractivity contribution is 6.44. The second kappa shape index (κ2) is 8.32. The van der Waals surface area contributed by atoms with E-state index < -0.39 is 34.4 Å². The van der Waals surface area contributed by atoms with E-state index in [-0.39, 0.29) is 12.2 Å². The van der Waals surface area contributed by atoms with Gasteiger partial charge in [0.2, 0.25) is 5.78 Å². The lowest BCUT2D eigenvalue weighted by Gasteiger charge is -2.28. The van der Waals surface area contributed by atoms with Crippen molar-refractivity contribution in [1.29, 1.82) is 0 Å². The Morgan fingerprint density at radius 1 is 1.10 bits per heavy atom. The minimum absolute atomic E-state index is 0.159. The van der Waals surface area contributed by atoms with Crippen LogP contribution in [0.4, 0.5) is 5.69 Å². The fraction of sp³-hybridized carbons (Fsp3) is 0.286. The van der Waals surface area contributed by atoms with E-state index in [4.69, 9.17) is 0 Å². The van der Waals surface area contributed by atoms with Crippen LogP contribution in [0.15, 0.2) is 54.6 Å². The van der Waals surface area contributed by atoms with E-state index in [0.717, 1.165) is 0 Å². The maximum atomic E-state index is 13.1. The molecule has 1 saturated heterocycles. The molecule has 150 valence electrons. The second-order valence-electron chi connectivity index (χ2n) is 7.17. The SMILES string of the molecule is CN(C)CCN1C(=O)C(=O)C(C(=O)c2ccccc2)C1c1cccc([N+](=O)[O-])c1. The number of rotatable bonds is 7. The molecule has 2 aromatic carbocycles. The van der Waals surface area contributed by atoms with Gasteiger partial charge in [0.05, 0.1) is 11.0 Å². The monoisotopic (exact) mass is 395 g/mol. The van der Waals surface area contributed by atoms with E-state index in [1.165, 1.54) is 23.1 Å². The van der Waals surface area contributed by atoms with Crippen molar-refractivity contribution in [2.45, 2.75) is 6.04 Å². The Morgan fingerprint density at radius 2 is 1.79 bits per heavy atom. The number of nitrogens with zero attached hydrogens (tertiary/aromatic N) is 3. The van der Waals surface area contributed by atoms with Gasteiger partial charge in [-0.05, 0) is 19.7 Å². The van der Waals surface area contributed by atoms with Crippen LogP contribution in [-0.2, 0) is 9.59 Å². The van der Waals surface area contributed by atoms with Gasteiger partial charge in [-0.25, -0.2) is 0 Å². The highest BCUT2D eigenvalue weighted by Crippen LogP contribution is 2.39. The van der Waals surface area contributed by atoms with Crippen molar-refractivity contribution >= 4 is 23.2 Å². The molecule has 0 aromatic heterocycles. The van der Waals surface area contributed by atoms with Gasteiger partial charge in [-0.3, -0.25) is 24.5 Å². The summed E-state index contributed by atoms with van der Waals surface area (Å²) in [5, 5.41) is 11.2. The van der Waals surface area contributed by atoms with Crippen LogP contribution in [0.3, 0.4) is 0 Å². The van der Waals surface area contributed by atoms with Gasteiger partial charge in [0.25, 0.3) is 11.6 Å². The average Bonchev–Trinajstić information content (AvgIpc) is 2.97. The molecular formula is C21H21N3O5. The lowest BCUT2D eigenvalue weighted by Crippen LogP contribution is -2.36. The van der Waals surface area contributed by atoms with Crippen LogP contribution in [0, 0.1) is 16.0 Å². The molecule has 2 atom stereocenters. The molecule has 8 heteroatoms. The van der Waals surface area contributed by atoms with E-state index >= 15 is 0 Å². The number of Topliss-reactive ketones (excluding diaryl/α,β-unsaturated/α-hetero) is 2. The van der Waals surface area contributed by atoms with Crippen LogP contribution in [0.25, 0.3) is 0 Å². The number of hydrogen-bond donors (Lipinski definition) is 0. The standard InChI is InChI=1S/C21H21N3O5/c1-22(2)11-12-23-18(15-9-6-10-16(13-15)24(28)29)17(20(26)21(23)27)19(25)14-7-4-3-5-8-14/h3-10,13,17-18H,11-12H2,1-2H3. The molecular weight excluding hydrogens is 374 g/mol. The number of carbonyl (C=O) groups excluding carboxylic acids is 3. The first-order valence-corrected chi connectivity index (χ1v) is 9.14. The predicted octanol–water partition coefficient (Wildman–Crippen LogP) is 2.11. The molecule has 1 heterocycles. The Morgan fingerprint density at radius 3 is 2.41 bits per heavy atom. The molecule has 2 aromatic rings. The number of benzene rings is 2. The Bertz CT molecular complexity index is 958. The molecule has 29 heavy (non-hydrogen) atoms. The number of likely N-dealkylation sites (N-methyl/N-ethyl adjacent to an activating group) is 1. The number of hydrogen-bond acceptors (Lipinski definition) is 6. The molecule has 0 spiro atoms. The first kappa shape index (κ1) is 20.3. The van der Waals surface area contributed by atoms with Gasteiger partial charge in [-0.15, -0.1) is 0 Å². The lowest BCUT2D eigenvalue weighted by molar-refractivity contribution is -0.385. The number of amides is 1. The van der Waals surface area contributed by atoms with Gasteiger partial charge in [0.15, 0.2) is 5.78 Å². The molecule has 0 radical (unpaired) electrons. The van der Waals surface area contributed by atoms with E-state index in [2.05, 4.69) is 0 Å². The largest absolute Gasteiger partial charge is 0.327 e. The third-order valence-corrected chi connectivity index (χ3v) is 4.96. The fourth-order valence-electron chi connectivity index (χ4n) is 3.51. The van der Waals surface area contributed by atoms with E-state index in [9.17, 15) is 24.5 Å². The minimum Gasteiger partial charge on any atom is -0.327 e. The highest BCUT2D eigenvalue weighted by Gasteiger charge is 2.51. The van der Waals surface area contributed by atoms with Crippen LogP contribution in [0.1, 0.15) is 22.0 Å². The van der Waals surface area contributed by atoms with Crippen molar-refractivity contribution in [3.05, 3.63) is 75.8 Å². The van der Waals surface area contributed by atoms with E-state index in [0.29, 0.717) is 17.7 Å². The molecule has 1 amide bonds. The van der Waals surface area contributed by atoms with Crippen LogP contribution >= 0.6 is 0 Å². The summed E-state index contributed by atoms with van der Waals surface area (Å²) < 4.78 is 0. The van der Waals surface area contributed by atoms with Crippen molar-refractivity contribution in [2.75, 3.05) is 27.2 Å². The van der Waals surface area contributed by atoms with Crippen molar-refractivity contribution in [3.63, 3.8) is 0 Å². The molecule has 0 aliphatic carbocycles. The summed E-state index contributed by atoms with van der Waals surface area (Å²) in [5.41, 5.74) is 0.558. The van der Waals surface area contributed by atoms with Crippen LogP contribution in [-0.4, -0.2) is 59.4 Å². The quantitative estimate of drug-likeness (QED) is 0.234. The van der Waals surface area contributed by atoms with Crippen LogP contribution in [0.5, 0.6) is 0 Å². The van der Waals surface area contributed by atoms with Crippen LogP contribution in [0.2, 0.25) is 0 Å². The Hall–Kier alpha value is -3.39. The molecule has 1 aliphatic rings. The fourth-order valence-corrected chi connectivity index (χ4v) is 3.51. The van der Waals surface area contributed by atoms with Crippen molar-refractivity contribution in [2.24, 2.45) is 5.92 Å². The van der Waals surface area contributed by atoms with E-state index in [1.54, 1.807) is 36.4 Å². The summed E-state index contributed by atoms with van der Waals surface area (Å²) >= 11 is 0. The average molecular weight is 395 g/mol. The van der Waals surface area contributed by atoms with Gasteiger partial charge in [0, 0.05) is 30.8 Å². The number of non-ortho nitro benzene ring substituents is 1. The summed E-state index contributed by atoms with van der Waals surface area (Å²) in [6, 6.07) is 13.2. The Balaban J connectivity index is 2.08. The molecule has 8 nitrogen and oxygen atoms in total. The van der Waals surface area contributed by atoms with Crippen molar-refractivity contribution < 1.29 is 19.3 Å². The number of carbonyl (C=O) groups is 3. The normalized spacial score (nSPS) is 19.1. The maximum absolute atomic E-state index is 13.1. The number of nitro benzene ring substituents is 1. The molecule has 1 fully saturated rings. The summed E-state index contributed by atoms with van der Waals surface area (Å²) in [6.45, 7) is 0.709. The zero-order valence-electron chi connectivity index (χ0n) is 16.1. The summed E-state index contributed by atoms with van der Waals surface area (Å²) in [4.78, 5) is 52.6. The first-order valence-electron chi connectivity index (χ1n) is 9.14. The molecule has 3 rings (SSSR count). The number of ketones is 2. The summed E-state index contributed by atoms with van der Waals surface area (Å²) in [7, 11) is 3.66. The van der Waals surface area contributed by atoms with Crippen molar-refractivity contribution in [3.8, 4) is 0 Å².